The molecule has 1 saturated heterocycles. The van der Waals surface area contributed by atoms with Crippen LogP contribution in [0.15, 0.2) is 24.5 Å². The van der Waals surface area contributed by atoms with Crippen molar-refractivity contribution < 1.29 is 13.5 Å². The highest BCUT2D eigenvalue weighted by atomic mass is 19.1. The van der Waals surface area contributed by atoms with Gasteiger partial charge in [0.05, 0.1) is 6.10 Å². The average molecular weight is 237 g/mol. The summed E-state index contributed by atoms with van der Waals surface area (Å²) in [6, 6.07) is 3.50. The first-order chi connectivity index (χ1) is 8.24. The van der Waals surface area contributed by atoms with E-state index in [1.165, 1.54) is 18.5 Å². The molecule has 88 valence electrons. The van der Waals surface area contributed by atoms with E-state index in [1.54, 1.807) is 0 Å². The predicted octanol–water partition coefficient (Wildman–Crippen LogP) is 1.77. The molecular formula is C11H9F2N3O. The lowest BCUT2D eigenvalue weighted by atomic mass is 10.1. The zero-order valence-electron chi connectivity index (χ0n) is 8.73. The lowest BCUT2D eigenvalue weighted by Crippen LogP contribution is -1.99. The standard InChI is InChI=1S/C11H9F2N3O/c12-6-1-2-7(8(13)3-6)11-9(17-11)4-10-14-5-15-16-10/h1-3,5,9,11H,4H2,(H,14,15,16). The molecule has 2 atom stereocenters. The molecule has 0 aliphatic carbocycles. The van der Waals surface area contributed by atoms with Crippen LogP contribution in [0.1, 0.15) is 17.5 Å². The molecule has 1 aromatic carbocycles. The Labute approximate surface area is 95.6 Å². The molecule has 17 heavy (non-hydrogen) atoms. The minimum Gasteiger partial charge on any atom is -0.364 e. The number of hydrogen-bond acceptors (Lipinski definition) is 3. The molecule has 6 heteroatoms. The minimum absolute atomic E-state index is 0.122. The number of H-pyrrole nitrogens is 1. The second-order valence-corrected chi connectivity index (χ2v) is 3.90. The van der Waals surface area contributed by atoms with Crippen LogP contribution in [0.2, 0.25) is 0 Å². The summed E-state index contributed by atoms with van der Waals surface area (Å²) >= 11 is 0. The summed E-state index contributed by atoms with van der Waals surface area (Å²) in [5.41, 5.74) is 0.385. The molecule has 4 nitrogen and oxygen atoms in total. The summed E-state index contributed by atoms with van der Waals surface area (Å²) in [5, 5.41) is 6.42. The van der Waals surface area contributed by atoms with Gasteiger partial charge in [0.15, 0.2) is 0 Å². The number of aromatic amines is 1. The first-order valence-corrected chi connectivity index (χ1v) is 5.18. The number of halogens is 2. The van der Waals surface area contributed by atoms with Crippen LogP contribution in [-0.2, 0) is 11.2 Å². The molecular weight excluding hydrogens is 228 g/mol. The predicted molar refractivity (Wildman–Crippen MR) is 54.1 cm³/mol. The number of ether oxygens (including phenoxy) is 1. The fourth-order valence-corrected chi connectivity index (χ4v) is 1.82. The maximum absolute atomic E-state index is 13.4. The third kappa shape index (κ3) is 2.03. The van der Waals surface area contributed by atoms with Crippen LogP contribution in [0.3, 0.4) is 0 Å². The van der Waals surface area contributed by atoms with Gasteiger partial charge in [0.25, 0.3) is 0 Å². The van der Waals surface area contributed by atoms with Crippen molar-refractivity contribution in [2.75, 3.05) is 0 Å². The second-order valence-electron chi connectivity index (χ2n) is 3.90. The van der Waals surface area contributed by atoms with Gasteiger partial charge in [0.1, 0.15) is 29.9 Å². The van der Waals surface area contributed by atoms with Crippen LogP contribution in [0.4, 0.5) is 8.78 Å². The summed E-state index contributed by atoms with van der Waals surface area (Å²) in [6.45, 7) is 0. The maximum atomic E-state index is 13.4. The normalized spacial score (nSPS) is 22.7. The summed E-state index contributed by atoms with van der Waals surface area (Å²) < 4.78 is 31.5. The van der Waals surface area contributed by atoms with E-state index in [-0.39, 0.29) is 12.2 Å². The van der Waals surface area contributed by atoms with Crippen molar-refractivity contribution in [2.45, 2.75) is 18.6 Å². The zero-order chi connectivity index (χ0) is 11.8. The van der Waals surface area contributed by atoms with Crippen molar-refractivity contribution in [2.24, 2.45) is 0 Å². The van der Waals surface area contributed by atoms with Crippen LogP contribution in [0.5, 0.6) is 0 Å². The lowest BCUT2D eigenvalue weighted by molar-refractivity contribution is 0.367. The molecule has 1 aromatic heterocycles. The number of rotatable bonds is 3. The molecule has 0 bridgehead atoms. The van der Waals surface area contributed by atoms with Crippen molar-refractivity contribution in [1.82, 2.24) is 15.2 Å². The van der Waals surface area contributed by atoms with Gasteiger partial charge in [-0.2, -0.15) is 5.10 Å². The first kappa shape index (κ1) is 10.3. The number of benzene rings is 1. The average Bonchev–Trinajstić information content (AvgIpc) is 2.84. The molecule has 0 amide bonds. The summed E-state index contributed by atoms with van der Waals surface area (Å²) in [5.74, 6) is -0.464. The molecule has 0 saturated carbocycles. The van der Waals surface area contributed by atoms with Gasteiger partial charge in [0, 0.05) is 18.1 Å². The monoisotopic (exact) mass is 237 g/mol. The van der Waals surface area contributed by atoms with Gasteiger partial charge in [0.2, 0.25) is 0 Å². The Morgan fingerprint density at radius 1 is 1.35 bits per heavy atom. The number of aromatic nitrogens is 3. The van der Waals surface area contributed by atoms with Crippen molar-refractivity contribution in [3.8, 4) is 0 Å². The molecule has 1 N–H and O–H groups in total. The molecule has 1 fully saturated rings. The van der Waals surface area contributed by atoms with Gasteiger partial charge < -0.3 is 4.74 Å². The topological polar surface area (TPSA) is 54.1 Å². The van der Waals surface area contributed by atoms with Crippen molar-refractivity contribution >= 4 is 0 Å². The summed E-state index contributed by atoms with van der Waals surface area (Å²) in [7, 11) is 0. The molecule has 1 aliphatic heterocycles. The molecule has 0 radical (unpaired) electrons. The van der Waals surface area contributed by atoms with Gasteiger partial charge in [-0.1, -0.05) is 6.07 Å². The number of nitrogens with zero attached hydrogens (tertiary/aromatic N) is 2. The molecule has 2 heterocycles. The van der Waals surface area contributed by atoms with E-state index in [0.717, 1.165) is 6.07 Å². The van der Waals surface area contributed by atoms with Crippen LogP contribution >= 0.6 is 0 Å². The van der Waals surface area contributed by atoms with Gasteiger partial charge in [-0.3, -0.25) is 5.10 Å². The molecule has 2 unspecified atom stereocenters. The third-order valence-electron chi connectivity index (χ3n) is 2.71. The van der Waals surface area contributed by atoms with E-state index in [2.05, 4.69) is 15.2 Å². The smallest absolute Gasteiger partial charge is 0.137 e. The molecule has 0 spiro atoms. The number of nitrogens with one attached hydrogen (secondary N) is 1. The fraction of sp³-hybridized carbons (Fsp3) is 0.273. The minimum atomic E-state index is -0.585. The molecule has 3 rings (SSSR count). The SMILES string of the molecule is Fc1ccc(C2OC2Cc2ncn[nH]2)c(F)c1. The van der Waals surface area contributed by atoms with Crippen LogP contribution in [-0.4, -0.2) is 21.3 Å². The van der Waals surface area contributed by atoms with Gasteiger partial charge in [-0.25, -0.2) is 13.8 Å². The van der Waals surface area contributed by atoms with E-state index in [9.17, 15) is 8.78 Å². The van der Waals surface area contributed by atoms with Gasteiger partial charge in [-0.15, -0.1) is 0 Å². The van der Waals surface area contributed by atoms with Crippen molar-refractivity contribution in [1.29, 1.82) is 0 Å². The third-order valence-corrected chi connectivity index (χ3v) is 2.71. The van der Waals surface area contributed by atoms with Crippen LogP contribution in [0.25, 0.3) is 0 Å². The quantitative estimate of drug-likeness (QED) is 0.827. The number of hydrogen-bond donors (Lipinski definition) is 1. The number of epoxide rings is 1. The Morgan fingerprint density at radius 2 is 2.24 bits per heavy atom. The molecule has 2 aromatic rings. The first-order valence-electron chi connectivity index (χ1n) is 5.18. The van der Waals surface area contributed by atoms with Gasteiger partial charge in [-0.05, 0) is 6.07 Å². The highest BCUT2D eigenvalue weighted by Gasteiger charge is 2.42. The van der Waals surface area contributed by atoms with Crippen LogP contribution in [0, 0.1) is 11.6 Å². The molecule has 1 aliphatic rings. The van der Waals surface area contributed by atoms with E-state index in [4.69, 9.17) is 4.74 Å². The lowest BCUT2D eigenvalue weighted by Gasteiger charge is -1.98. The Balaban J connectivity index is 1.71. The van der Waals surface area contributed by atoms with E-state index in [1.807, 2.05) is 0 Å². The van der Waals surface area contributed by atoms with Crippen LogP contribution < -0.4 is 0 Å². The highest BCUT2D eigenvalue weighted by Crippen LogP contribution is 2.41. The second kappa shape index (κ2) is 3.89. The summed E-state index contributed by atoms with van der Waals surface area (Å²) in [4.78, 5) is 3.96. The Bertz CT molecular complexity index is 530. The van der Waals surface area contributed by atoms with E-state index < -0.39 is 11.6 Å². The van der Waals surface area contributed by atoms with E-state index in [0.29, 0.717) is 17.8 Å². The maximum Gasteiger partial charge on any atom is 0.137 e. The van der Waals surface area contributed by atoms with Crippen molar-refractivity contribution in [3.63, 3.8) is 0 Å². The largest absolute Gasteiger partial charge is 0.364 e. The Kier molecular flexibility index (Phi) is 2.36. The van der Waals surface area contributed by atoms with E-state index >= 15 is 0 Å². The Hall–Kier alpha value is -1.82. The fourth-order valence-electron chi connectivity index (χ4n) is 1.82. The Morgan fingerprint density at radius 3 is 2.94 bits per heavy atom. The highest BCUT2D eigenvalue weighted by molar-refractivity contribution is 5.25. The summed E-state index contributed by atoms with van der Waals surface area (Å²) in [6.07, 6.45) is 1.51. The van der Waals surface area contributed by atoms with Crippen molar-refractivity contribution in [3.05, 3.63) is 47.5 Å². The van der Waals surface area contributed by atoms with Gasteiger partial charge >= 0.3 is 0 Å². The zero-order valence-corrected chi connectivity index (χ0v) is 8.73.